The summed E-state index contributed by atoms with van der Waals surface area (Å²) >= 11 is 0. The summed E-state index contributed by atoms with van der Waals surface area (Å²) in [7, 11) is 0. The Bertz CT molecular complexity index is 757. The van der Waals surface area contributed by atoms with Gasteiger partial charge in [0.1, 0.15) is 23.2 Å². The summed E-state index contributed by atoms with van der Waals surface area (Å²) in [6.07, 6.45) is 0.996. The molecule has 1 aromatic carbocycles. The number of nitrogens with zero attached hydrogens (tertiary/aromatic N) is 4. The lowest BCUT2D eigenvalue weighted by Gasteiger charge is -2.33. The molecular weight excluding hydrogens is 330 g/mol. The van der Waals surface area contributed by atoms with Gasteiger partial charge < -0.3 is 19.9 Å². The smallest absolute Gasteiger partial charge is 0.209 e. The van der Waals surface area contributed by atoms with Crippen LogP contribution in [-0.4, -0.2) is 53.6 Å². The van der Waals surface area contributed by atoms with E-state index < -0.39 is 0 Å². The van der Waals surface area contributed by atoms with E-state index in [1.165, 1.54) is 0 Å². The molecular formula is C19H25N5O2. The number of nitrogens with one attached hydrogen (secondary N) is 1. The average molecular weight is 355 g/mol. The highest BCUT2D eigenvalue weighted by Gasteiger charge is 2.18. The van der Waals surface area contributed by atoms with Crippen molar-refractivity contribution in [3.05, 3.63) is 36.2 Å². The fourth-order valence-corrected chi connectivity index (χ4v) is 2.90. The van der Waals surface area contributed by atoms with E-state index in [9.17, 15) is 4.79 Å². The van der Waals surface area contributed by atoms with Gasteiger partial charge in [0, 0.05) is 32.2 Å². The summed E-state index contributed by atoms with van der Waals surface area (Å²) in [4.78, 5) is 23.9. The first-order valence-electron chi connectivity index (χ1n) is 8.88. The number of aromatic nitrogens is 2. The number of amides is 1. The Balaban J connectivity index is 1.79. The van der Waals surface area contributed by atoms with Crippen molar-refractivity contribution < 1.29 is 9.53 Å². The van der Waals surface area contributed by atoms with Crippen LogP contribution >= 0.6 is 0 Å². The molecule has 1 N–H and O–H groups in total. The van der Waals surface area contributed by atoms with Crippen LogP contribution in [0.1, 0.15) is 19.7 Å². The molecule has 0 unspecified atom stereocenters. The summed E-state index contributed by atoms with van der Waals surface area (Å²) < 4.78 is 5.86. The molecule has 2 heterocycles. The van der Waals surface area contributed by atoms with Crippen molar-refractivity contribution in [1.29, 1.82) is 0 Å². The largest absolute Gasteiger partial charge is 0.489 e. The molecule has 0 bridgehead atoms. The van der Waals surface area contributed by atoms with Crippen molar-refractivity contribution in [1.82, 2.24) is 14.9 Å². The maximum Gasteiger partial charge on any atom is 0.209 e. The molecule has 26 heavy (non-hydrogen) atoms. The molecule has 1 aliphatic heterocycles. The molecule has 1 saturated heterocycles. The highest BCUT2D eigenvalue weighted by molar-refractivity contribution is 5.66. The number of carbonyl (C=O) groups is 1. The second-order valence-corrected chi connectivity index (χ2v) is 6.57. The van der Waals surface area contributed by atoms with Crippen LogP contribution in [0.3, 0.4) is 0 Å². The number of carbonyl (C=O) groups excluding carboxylic acids is 1. The quantitative estimate of drug-likeness (QED) is 0.803. The SMILES string of the molecule is Cc1nc(Nc2ccccc2OC(C)C)cc(N2CCN(C=O)CC2)n1. The molecule has 0 atom stereocenters. The number of piperazine rings is 1. The molecule has 0 radical (unpaired) electrons. The number of anilines is 3. The van der Waals surface area contributed by atoms with E-state index in [0.29, 0.717) is 18.9 Å². The third-order valence-corrected chi connectivity index (χ3v) is 4.12. The van der Waals surface area contributed by atoms with Gasteiger partial charge >= 0.3 is 0 Å². The Morgan fingerprint density at radius 2 is 1.88 bits per heavy atom. The average Bonchev–Trinajstić information content (AvgIpc) is 2.62. The summed E-state index contributed by atoms with van der Waals surface area (Å²) in [6, 6.07) is 9.76. The van der Waals surface area contributed by atoms with E-state index in [0.717, 1.165) is 42.6 Å². The van der Waals surface area contributed by atoms with Crippen LogP contribution < -0.4 is 15.0 Å². The van der Waals surface area contributed by atoms with Crippen molar-refractivity contribution in [3.63, 3.8) is 0 Å². The highest BCUT2D eigenvalue weighted by Crippen LogP contribution is 2.28. The van der Waals surface area contributed by atoms with E-state index in [-0.39, 0.29) is 6.10 Å². The Hall–Kier alpha value is -2.83. The Labute approximate surface area is 154 Å². The van der Waals surface area contributed by atoms with E-state index >= 15 is 0 Å². The van der Waals surface area contributed by atoms with Crippen molar-refractivity contribution in [2.75, 3.05) is 36.4 Å². The van der Waals surface area contributed by atoms with Crippen molar-refractivity contribution in [3.8, 4) is 5.75 Å². The highest BCUT2D eigenvalue weighted by atomic mass is 16.5. The molecule has 1 aromatic heterocycles. The zero-order valence-corrected chi connectivity index (χ0v) is 15.5. The van der Waals surface area contributed by atoms with Crippen molar-refractivity contribution in [2.45, 2.75) is 26.9 Å². The number of benzene rings is 1. The summed E-state index contributed by atoms with van der Waals surface area (Å²) in [6.45, 7) is 8.84. The van der Waals surface area contributed by atoms with E-state index in [1.807, 2.05) is 51.1 Å². The third-order valence-electron chi connectivity index (χ3n) is 4.12. The molecule has 7 heteroatoms. The second kappa shape index (κ2) is 8.03. The lowest BCUT2D eigenvalue weighted by atomic mass is 10.2. The van der Waals surface area contributed by atoms with Crippen LogP contribution in [0.5, 0.6) is 5.75 Å². The van der Waals surface area contributed by atoms with Gasteiger partial charge in [-0.25, -0.2) is 9.97 Å². The Morgan fingerprint density at radius 3 is 2.58 bits per heavy atom. The number of ether oxygens (including phenoxy) is 1. The normalized spacial score (nSPS) is 14.5. The second-order valence-electron chi connectivity index (χ2n) is 6.57. The fourth-order valence-electron chi connectivity index (χ4n) is 2.90. The summed E-state index contributed by atoms with van der Waals surface area (Å²) in [5.41, 5.74) is 0.871. The Kier molecular flexibility index (Phi) is 5.55. The first kappa shape index (κ1) is 18.0. The predicted molar refractivity (Wildman–Crippen MR) is 102 cm³/mol. The Morgan fingerprint density at radius 1 is 1.15 bits per heavy atom. The van der Waals surface area contributed by atoms with Gasteiger partial charge in [0.05, 0.1) is 11.8 Å². The molecule has 1 aliphatic rings. The van der Waals surface area contributed by atoms with Crippen LogP contribution in [-0.2, 0) is 4.79 Å². The van der Waals surface area contributed by atoms with Gasteiger partial charge in [-0.2, -0.15) is 0 Å². The lowest BCUT2D eigenvalue weighted by Crippen LogP contribution is -2.46. The van der Waals surface area contributed by atoms with Crippen LogP contribution in [0.15, 0.2) is 30.3 Å². The molecule has 1 amide bonds. The van der Waals surface area contributed by atoms with Gasteiger partial charge in [-0.3, -0.25) is 4.79 Å². The van der Waals surface area contributed by atoms with Crippen molar-refractivity contribution in [2.24, 2.45) is 0 Å². The van der Waals surface area contributed by atoms with Crippen LogP contribution in [0.4, 0.5) is 17.3 Å². The lowest BCUT2D eigenvalue weighted by molar-refractivity contribution is -0.118. The first-order valence-corrected chi connectivity index (χ1v) is 8.88. The summed E-state index contributed by atoms with van der Waals surface area (Å²) in [5.74, 6) is 3.09. The molecule has 0 saturated carbocycles. The van der Waals surface area contributed by atoms with Gasteiger partial charge in [0.2, 0.25) is 6.41 Å². The molecule has 2 aromatic rings. The van der Waals surface area contributed by atoms with Gasteiger partial charge in [0.25, 0.3) is 0 Å². The van der Waals surface area contributed by atoms with E-state index in [1.54, 1.807) is 4.90 Å². The van der Waals surface area contributed by atoms with Crippen molar-refractivity contribution >= 4 is 23.7 Å². The zero-order chi connectivity index (χ0) is 18.5. The molecule has 138 valence electrons. The standard InChI is InChI=1S/C19H25N5O2/c1-14(2)26-17-7-5-4-6-16(17)22-18-12-19(21-15(3)20-18)24-10-8-23(13-25)9-11-24/h4-7,12-14H,8-11H2,1-3H3,(H,20,21,22). The molecule has 7 nitrogen and oxygen atoms in total. The molecule has 1 fully saturated rings. The minimum Gasteiger partial charge on any atom is -0.489 e. The number of aryl methyl sites for hydroxylation is 1. The third kappa shape index (κ3) is 4.41. The number of hydrogen-bond acceptors (Lipinski definition) is 6. The van der Waals surface area contributed by atoms with Crippen LogP contribution in [0.25, 0.3) is 0 Å². The minimum atomic E-state index is 0.0924. The number of para-hydroxylation sites is 2. The first-order chi connectivity index (χ1) is 12.5. The van der Waals surface area contributed by atoms with E-state index in [4.69, 9.17) is 4.74 Å². The topological polar surface area (TPSA) is 70.6 Å². The number of rotatable bonds is 6. The molecule has 3 rings (SSSR count). The summed E-state index contributed by atoms with van der Waals surface area (Å²) in [5, 5.41) is 3.35. The van der Waals surface area contributed by atoms with Gasteiger partial charge in [-0.15, -0.1) is 0 Å². The fraction of sp³-hybridized carbons (Fsp3) is 0.421. The molecule has 0 spiro atoms. The van der Waals surface area contributed by atoms with Crippen LogP contribution in [0.2, 0.25) is 0 Å². The van der Waals surface area contributed by atoms with Gasteiger partial charge in [-0.05, 0) is 32.9 Å². The monoisotopic (exact) mass is 355 g/mol. The van der Waals surface area contributed by atoms with Crippen LogP contribution in [0, 0.1) is 6.92 Å². The van der Waals surface area contributed by atoms with Gasteiger partial charge in [0.15, 0.2) is 0 Å². The van der Waals surface area contributed by atoms with E-state index in [2.05, 4.69) is 20.2 Å². The zero-order valence-electron chi connectivity index (χ0n) is 15.5. The maximum atomic E-state index is 10.9. The minimum absolute atomic E-state index is 0.0924. The number of hydrogen-bond donors (Lipinski definition) is 1. The molecule has 0 aliphatic carbocycles. The maximum absolute atomic E-state index is 10.9. The van der Waals surface area contributed by atoms with Gasteiger partial charge in [-0.1, -0.05) is 12.1 Å². The predicted octanol–water partition coefficient (Wildman–Crippen LogP) is 2.59.